The number of nitro benzene ring substituents is 1. The Morgan fingerprint density at radius 2 is 1.59 bits per heavy atom. The molecule has 0 saturated carbocycles. The number of nitrogens with zero attached hydrogens (tertiary/aromatic N) is 1. The molecule has 2 N–H and O–H groups in total. The predicted molar refractivity (Wildman–Crippen MR) is 86.6 cm³/mol. The fraction of sp³-hybridized carbons (Fsp3) is 0.250. The van der Waals surface area contributed by atoms with Crippen LogP contribution in [0.3, 0.4) is 0 Å². The van der Waals surface area contributed by atoms with Crippen LogP contribution in [0, 0.1) is 10.1 Å². The molecule has 0 aliphatic heterocycles. The Kier molecular flexibility index (Phi) is 5.65. The molecule has 116 valence electrons. The fourth-order valence-corrected chi connectivity index (χ4v) is 2.54. The zero-order valence-electron chi connectivity index (χ0n) is 11.7. The highest BCUT2D eigenvalue weighted by Gasteiger charge is 2.18. The van der Waals surface area contributed by atoms with Gasteiger partial charge in [0.25, 0.3) is 5.69 Å². The van der Waals surface area contributed by atoms with Crippen molar-refractivity contribution >= 4 is 21.6 Å². The van der Waals surface area contributed by atoms with Crippen LogP contribution >= 0.6 is 15.9 Å². The molecule has 0 aromatic heterocycles. The number of aliphatic hydroxyl groups excluding tert-OH is 2. The van der Waals surface area contributed by atoms with Gasteiger partial charge in [0, 0.05) is 22.5 Å². The van der Waals surface area contributed by atoms with Crippen LogP contribution in [-0.2, 0) is 0 Å². The van der Waals surface area contributed by atoms with E-state index in [-0.39, 0.29) is 18.2 Å². The third kappa shape index (κ3) is 4.13. The molecule has 0 bridgehead atoms. The summed E-state index contributed by atoms with van der Waals surface area (Å²) in [5, 5.41) is 30.5. The van der Waals surface area contributed by atoms with Gasteiger partial charge in [-0.15, -0.1) is 0 Å². The maximum atomic E-state index is 10.7. The van der Waals surface area contributed by atoms with Gasteiger partial charge in [0.2, 0.25) is 0 Å². The molecule has 2 aromatic carbocycles. The van der Waals surface area contributed by atoms with Gasteiger partial charge in [-0.2, -0.15) is 0 Å². The SMILES string of the molecule is O=[N+]([O-])c1ccc(C(CO)CC(O)c2ccc(Br)cc2)cc1. The first-order valence-corrected chi connectivity index (χ1v) is 7.59. The normalized spacial score (nSPS) is 13.6. The summed E-state index contributed by atoms with van der Waals surface area (Å²) in [6.45, 7) is -0.134. The molecule has 2 aromatic rings. The third-order valence-corrected chi connectivity index (χ3v) is 4.09. The van der Waals surface area contributed by atoms with Crippen LogP contribution in [0.25, 0.3) is 0 Å². The monoisotopic (exact) mass is 365 g/mol. The Hall–Kier alpha value is -1.76. The van der Waals surface area contributed by atoms with Crippen molar-refractivity contribution in [2.45, 2.75) is 18.4 Å². The molecule has 0 fully saturated rings. The van der Waals surface area contributed by atoms with E-state index in [4.69, 9.17) is 0 Å². The van der Waals surface area contributed by atoms with Crippen LogP contribution in [-0.4, -0.2) is 21.7 Å². The first kappa shape index (κ1) is 16.6. The Morgan fingerprint density at radius 3 is 2.09 bits per heavy atom. The Morgan fingerprint density at radius 1 is 1.05 bits per heavy atom. The first-order chi connectivity index (χ1) is 10.5. The smallest absolute Gasteiger partial charge is 0.269 e. The van der Waals surface area contributed by atoms with Gasteiger partial charge in [-0.3, -0.25) is 10.1 Å². The largest absolute Gasteiger partial charge is 0.396 e. The summed E-state index contributed by atoms with van der Waals surface area (Å²) in [6.07, 6.45) is -0.365. The van der Waals surface area contributed by atoms with E-state index in [1.165, 1.54) is 12.1 Å². The molecule has 22 heavy (non-hydrogen) atoms. The van der Waals surface area contributed by atoms with Crippen molar-refractivity contribution < 1.29 is 15.1 Å². The van der Waals surface area contributed by atoms with Crippen molar-refractivity contribution in [1.82, 2.24) is 0 Å². The topological polar surface area (TPSA) is 83.6 Å². The van der Waals surface area contributed by atoms with Gasteiger partial charge in [0.1, 0.15) is 0 Å². The number of benzene rings is 2. The second-order valence-corrected chi connectivity index (χ2v) is 5.95. The summed E-state index contributed by atoms with van der Waals surface area (Å²) >= 11 is 3.34. The minimum atomic E-state index is -0.708. The molecular formula is C16H16BrNO4. The lowest BCUT2D eigenvalue weighted by Gasteiger charge is -2.19. The zero-order chi connectivity index (χ0) is 16.1. The van der Waals surface area contributed by atoms with Gasteiger partial charge >= 0.3 is 0 Å². The summed E-state index contributed by atoms with van der Waals surface area (Å²) in [5.41, 5.74) is 1.54. The van der Waals surface area contributed by atoms with E-state index in [0.717, 1.165) is 15.6 Å². The summed E-state index contributed by atoms with van der Waals surface area (Å²) in [4.78, 5) is 10.2. The number of nitro groups is 1. The second-order valence-electron chi connectivity index (χ2n) is 5.03. The lowest BCUT2D eigenvalue weighted by atomic mass is 9.91. The Balaban J connectivity index is 2.11. The third-order valence-electron chi connectivity index (χ3n) is 3.56. The van der Waals surface area contributed by atoms with E-state index in [1.807, 2.05) is 24.3 Å². The maximum absolute atomic E-state index is 10.7. The maximum Gasteiger partial charge on any atom is 0.269 e. The van der Waals surface area contributed by atoms with Crippen LogP contribution in [0.5, 0.6) is 0 Å². The molecule has 0 heterocycles. The molecular weight excluding hydrogens is 350 g/mol. The van der Waals surface area contributed by atoms with Gasteiger partial charge in [0.15, 0.2) is 0 Å². The number of hydrogen-bond acceptors (Lipinski definition) is 4. The van der Waals surface area contributed by atoms with E-state index in [1.54, 1.807) is 12.1 Å². The number of hydrogen-bond donors (Lipinski definition) is 2. The van der Waals surface area contributed by atoms with E-state index in [9.17, 15) is 20.3 Å². The standard InChI is InChI=1S/C16H16BrNO4/c17-14-5-1-12(2-6-14)16(20)9-13(10-19)11-3-7-15(8-4-11)18(21)22/h1-8,13,16,19-20H,9-10H2. The van der Waals surface area contributed by atoms with Crippen molar-refractivity contribution in [3.8, 4) is 0 Å². The van der Waals surface area contributed by atoms with Crippen LogP contribution in [0.1, 0.15) is 29.6 Å². The number of halogens is 1. The van der Waals surface area contributed by atoms with E-state index >= 15 is 0 Å². The summed E-state index contributed by atoms with van der Waals surface area (Å²) in [5.74, 6) is -0.278. The highest BCUT2D eigenvalue weighted by Crippen LogP contribution is 2.29. The van der Waals surface area contributed by atoms with E-state index in [2.05, 4.69) is 15.9 Å². The van der Waals surface area contributed by atoms with Crippen molar-refractivity contribution in [3.63, 3.8) is 0 Å². The average molecular weight is 366 g/mol. The minimum absolute atomic E-state index is 0.00824. The summed E-state index contributed by atoms with van der Waals surface area (Å²) in [7, 11) is 0. The summed E-state index contributed by atoms with van der Waals surface area (Å²) < 4.78 is 0.928. The molecule has 0 aliphatic rings. The first-order valence-electron chi connectivity index (χ1n) is 6.80. The van der Waals surface area contributed by atoms with Gasteiger partial charge < -0.3 is 10.2 Å². The lowest BCUT2D eigenvalue weighted by Crippen LogP contribution is -2.10. The molecule has 0 aliphatic carbocycles. The van der Waals surface area contributed by atoms with Crippen LogP contribution in [0.15, 0.2) is 53.0 Å². The van der Waals surface area contributed by atoms with Gasteiger partial charge in [-0.1, -0.05) is 40.2 Å². The molecule has 2 rings (SSSR count). The van der Waals surface area contributed by atoms with Crippen LogP contribution in [0.4, 0.5) is 5.69 Å². The molecule has 2 unspecified atom stereocenters. The molecule has 0 radical (unpaired) electrons. The number of aliphatic hydroxyl groups is 2. The number of rotatable bonds is 6. The quantitative estimate of drug-likeness (QED) is 0.605. The Labute approximate surface area is 136 Å². The fourth-order valence-electron chi connectivity index (χ4n) is 2.27. The predicted octanol–water partition coefficient (Wildman–Crippen LogP) is 3.56. The van der Waals surface area contributed by atoms with Gasteiger partial charge in [0.05, 0.1) is 17.6 Å². The Bertz CT molecular complexity index is 628. The molecule has 5 nitrogen and oxygen atoms in total. The van der Waals surface area contributed by atoms with Crippen LogP contribution < -0.4 is 0 Å². The second kappa shape index (κ2) is 7.49. The molecule has 0 spiro atoms. The zero-order valence-corrected chi connectivity index (χ0v) is 13.3. The summed E-state index contributed by atoms with van der Waals surface area (Å²) in [6, 6.07) is 13.4. The molecule has 0 amide bonds. The number of non-ortho nitro benzene ring substituents is 1. The lowest BCUT2D eigenvalue weighted by molar-refractivity contribution is -0.384. The van der Waals surface area contributed by atoms with Crippen LogP contribution in [0.2, 0.25) is 0 Å². The highest BCUT2D eigenvalue weighted by atomic mass is 79.9. The molecule has 0 saturated heterocycles. The minimum Gasteiger partial charge on any atom is -0.396 e. The average Bonchev–Trinajstić information content (AvgIpc) is 2.53. The van der Waals surface area contributed by atoms with Crippen molar-refractivity contribution in [2.75, 3.05) is 6.61 Å². The van der Waals surface area contributed by atoms with Crippen molar-refractivity contribution in [2.24, 2.45) is 0 Å². The van der Waals surface area contributed by atoms with E-state index < -0.39 is 11.0 Å². The van der Waals surface area contributed by atoms with Gasteiger partial charge in [-0.25, -0.2) is 0 Å². The molecule has 6 heteroatoms. The molecule has 2 atom stereocenters. The highest BCUT2D eigenvalue weighted by molar-refractivity contribution is 9.10. The van der Waals surface area contributed by atoms with Crippen molar-refractivity contribution in [1.29, 1.82) is 0 Å². The van der Waals surface area contributed by atoms with Gasteiger partial charge in [-0.05, 0) is 29.7 Å². The van der Waals surface area contributed by atoms with E-state index in [0.29, 0.717) is 6.42 Å². The van der Waals surface area contributed by atoms with Crippen molar-refractivity contribution in [3.05, 3.63) is 74.2 Å².